The minimum atomic E-state index is -1.14. The van der Waals surface area contributed by atoms with Gasteiger partial charge in [-0.2, -0.15) is 0 Å². The molecular formula is C11H15N3O4S. The van der Waals surface area contributed by atoms with E-state index in [4.69, 9.17) is 5.11 Å². The molecule has 1 rings (SSSR count). The first-order valence-electron chi connectivity index (χ1n) is 5.55. The van der Waals surface area contributed by atoms with Crippen LogP contribution in [0.4, 0.5) is 4.79 Å². The van der Waals surface area contributed by atoms with Crippen molar-refractivity contribution < 1.29 is 19.5 Å². The standard InChI is InChI=1S/C11H15N3O4S/c1-7(8-3-2-4-19-8)14-11(18)13-5-9(15)12-6-10(16)17/h2-4,7H,5-6H2,1H3,(H,12,15)(H,16,17)(H2,13,14,18). The van der Waals surface area contributed by atoms with Gasteiger partial charge in [-0.05, 0) is 18.4 Å². The number of carbonyl (C=O) groups excluding carboxylic acids is 2. The van der Waals surface area contributed by atoms with Crippen LogP contribution in [0.25, 0.3) is 0 Å². The predicted octanol–water partition coefficient (Wildman–Crippen LogP) is 0.309. The molecule has 0 bridgehead atoms. The summed E-state index contributed by atoms with van der Waals surface area (Å²) >= 11 is 1.52. The molecule has 0 saturated heterocycles. The van der Waals surface area contributed by atoms with Crippen LogP contribution in [0.15, 0.2) is 17.5 Å². The smallest absolute Gasteiger partial charge is 0.322 e. The largest absolute Gasteiger partial charge is 0.480 e. The fraction of sp³-hybridized carbons (Fsp3) is 0.364. The number of thiophene rings is 1. The molecule has 19 heavy (non-hydrogen) atoms. The molecule has 7 nitrogen and oxygen atoms in total. The monoisotopic (exact) mass is 285 g/mol. The van der Waals surface area contributed by atoms with Gasteiger partial charge < -0.3 is 21.1 Å². The van der Waals surface area contributed by atoms with E-state index in [2.05, 4.69) is 16.0 Å². The van der Waals surface area contributed by atoms with Gasteiger partial charge in [-0.1, -0.05) is 6.07 Å². The molecule has 0 aliphatic carbocycles. The third kappa shape index (κ3) is 5.87. The van der Waals surface area contributed by atoms with Crippen molar-refractivity contribution in [1.82, 2.24) is 16.0 Å². The number of nitrogens with one attached hydrogen (secondary N) is 3. The maximum Gasteiger partial charge on any atom is 0.322 e. The van der Waals surface area contributed by atoms with Gasteiger partial charge in [-0.3, -0.25) is 9.59 Å². The normalized spacial score (nSPS) is 11.4. The van der Waals surface area contributed by atoms with Gasteiger partial charge in [-0.25, -0.2) is 4.79 Å². The van der Waals surface area contributed by atoms with Crippen molar-refractivity contribution >= 4 is 29.2 Å². The number of amides is 3. The molecule has 104 valence electrons. The molecule has 1 heterocycles. The summed E-state index contributed by atoms with van der Waals surface area (Å²) in [4.78, 5) is 33.8. The maximum atomic E-state index is 11.5. The van der Waals surface area contributed by atoms with E-state index >= 15 is 0 Å². The maximum absolute atomic E-state index is 11.5. The van der Waals surface area contributed by atoms with Crippen LogP contribution in [0.5, 0.6) is 0 Å². The van der Waals surface area contributed by atoms with E-state index in [0.717, 1.165) is 4.88 Å². The van der Waals surface area contributed by atoms with Crippen molar-refractivity contribution in [2.45, 2.75) is 13.0 Å². The van der Waals surface area contributed by atoms with Gasteiger partial charge in [0.05, 0.1) is 12.6 Å². The third-order valence-electron chi connectivity index (χ3n) is 2.16. The summed E-state index contributed by atoms with van der Waals surface area (Å²) in [7, 11) is 0. The zero-order valence-electron chi connectivity index (χ0n) is 10.3. The average Bonchev–Trinajstić information content (AvgIpc) is 2.87. The van der Waals surface area contributed by atoms with Crippen LogP contribution in [0.3, 0.4) is 0 Å². The molecule has 4 N–H and O–H groups in total. The second-order valence-electron chi connectivity index (χ2n) is 3.73. The van der Waals surface area contributed by atoms with E-state index in [1.165, 1.54) is 11.3 Å². The molecule has 8 heteroatoms. The highest BCUT2D eigenvalue weighted by Crippen LogP contribution is 2.17. The van der Waals surface area contributed by atoms with Crippen LogP contribution >= 0.6 is 11.3 Å². The summed E-state index contributed by atoms with van der Waals surface area (Å²) < 4.78 is 0. The van der Waals surface area contributed by atoms with Gasteiger partial charge in [0.1, 0.15) is 6.54 Å². The Bertz CT molecular complexity index is 447. The fourth-order valence-corrected chi connectivity index (χ4v) is 1.99. The van der Waals surface area contributed by atoms with Gasteiger partial charge in [0.25, 0.3) is 0 Å². The molecule has 0 fully saturated rings. The van der Waals surface area contributed by atoms with Crippen LogP contribution < -0.4 is 16.0 Å². The van der Waals surface area contributed by atoms with Gasteiger partial charge >= 0.3 is 12.0 Å². The molecule has 0 spiro atoms. The molecule has 0 saturated carbocycles. The zero-order chi connectivity index (χ0) is 14.3. The summed E-state index contributed by atoms with van der Waals surface area (Å²) in [6.07, 6.45) is 0. The number of carboxylic acids is 1. The Morgan fingerprint density at radius 1 is 1.32 bits per heavy atom. The highest BCUT2D eigenvalue weighted by atomic mass is 32.1. The highest BCUT2D eigenvalue weighted by molar-refractivity contribution is 7.10. The van der Waals surface area contributed by atoms with Crippen LogP contribution in [0.1, 0.15) is 17.8 Å². The second kappa shape index (κ2) is 7.37. The molecule has 1 unspecified atom stereocenters. The van der Waals surface area contributed by atoms with Crippen molar-refractivity contribution in [3.8, 4) is 0 Å². The molecule has 1 aromatic rings. The first-order chi connectivity index (χ1) is 8.99. The lowest BCUT2D eigenvalue weighted by Crippen LogP contribution is -2.43. The van der Waals surface area contributed by atoms with Crippen LogP contribution in [-0.4, -0.2) is 36.1 Å². The fourth-order valence-electron chi connectivity index (χ4n) is 1.25. The Kier molecular flexibility index (Phi) is 5.80. The Labute approximate surface area is 114 Å². The summed E-state index contributed by atoms with van der Waals surface area (Å²) in [5.74, 6) is -1.69. The van der Waals surface area contributed by atoms with Crippen LogP contribution in [-0.2, 0) is 9.59 Å². The van der Waals surface area contributed by atoms with Gasteiger partial charge in [0.2, 0.25) is 5.91 Å². The summed E-state index contributed by atoms with van der Waals surface area (Å²) in [5.41, 5.74) is 0. The van der Waals surface area contributed by atoms with Crippen LogP contribution in [0.2, 0.25) is 0 Å². The number of urea groups is 1. The minimum absolute atomic E-state index is 0.151. The predicted molar refractivity (Wildman–Crippen MR) is 69.9 cm³/mol. The van der Waals surface area contributed by atoms with E-state index in [1.807, 2.05) is 24.4 Å². The Balaban J connectivity index is 2.24. The summed E-state index contributed by atoms with van der Waals surface area (Å²) in [6.45, 7) is 1.10. The number of carboxylic acid groups (broad SMARTS) is 1. The molecule has 1 atom stereocenters. The van der Waals surface area contributed by atoms with Gasteiger partial charge in [0, 0.05) is 4.88 Å². The molecule has 1 aromatic heterocycles. The first-order valence-corrected chi connectivity index (χ1v) is 6.43. The van der Waals surface area contributed by atoms with E-state index < -0.39 is 24.5 Å². The quantitative estimate of drug-likeness (QED) is 0.603. The molecule has 0 aliphatic rings. The van der Waals surface area contributed by atoms with Crippen molar-refractivity contribution in [3.05, 3.63) is 22.4 Å². The van der Waals surface area contributed by atoms with E-state index in [1.54, 1.807) is 0 Å². The molecular weight excluding hydrogens is 270 g/mol. The average molecular weight is 285 g/mol. The highest BCUT2D eigenvalue weighted by Gasteiger charge is 2.11. The number of carbonyl (C=O) groups is 3. The van der Waals surface area contributed by atoms with Crippen LogP contribution in [0, 0.1) is 0 Å². The lowest BCUT2D eigenvalue weighted by atomic mass is 10.3. The molecule has 3 amide bonds. The molecule has 0 radical (unpaired) electrons. The third-order valence-corrected chi connectivity index (χ3v) is 3.22. The molecule has 0 aliphatic heterocycles. The number of hydrogen-bond donors (Lipinski definition) is 4. The number of aliphatic carboxylic acids is 1. The summed E-state index contributed by atoms with van der Waals surface area (Å²) in [6, 6.07) is 3.15. The first kappa shape index (κ1) is 15.0. The summed E-state index contributed by atoms with van der Waals surface area (Å²) in [5, 5.41) is 17.4. The van der Waals surface area contributed by atoms with E-state index in [0.29, 0.717) is 0 Å². The Morgan fingerprint density at radius 3 is 2.63 bits per heavy atom. The Hall–Kier alpha value is -2.09. The molecule has 0 aromatic carbocycles. The number of rotatable bonds is 6. The van der Waals surface area contributed by atoms with E-state index in [9.17, 15) is 14.4 Å². The second-order valence-corrected chi connectivity index (χ2v) is 4.71. The van der Waals surface area contributed by atoms with Crippen molar-refractivity contribution in [3.63, 3.8) is 0 Å². The van der Waals surface area contributed by atoms with Crippen molar-refractivity contribution in [1.29, 1.82) is 0 Å². The van der Waals surface area contributed by atoms with Crippen molar-refractivity contribution in [2.75, 3.05) is 13.1 Å². The van der Waals surface area contributed by atoms with E-state index in [-0.39, 0.29) is 12.6 Å². The SMILES string of the molecule is CC(NC(=O)NCC(=O)NCC(=O)O)c1cccs1. The minimum Gasteiger partial charge on any atom is -0.480 e. The van der Waals surface area contributed by atoms with Crippen molar-refractivity contribution in [2.24, 2.45) is 0 Å². The topological polar surface area (TPSA) is 108 Å². The van der Waals surface area contributed by atoms with Gasteiger partial charge in [0.15, 0.2) is 0 Å². The Morgan fingerprint density at radius 2 is 2.05 bits per heavy atom. The number of hydrogen-bond acceptors (Lipinski definition) is 4. The lowest BCUT2D eigenvalue weighted by molar-refractivity contribution is -0.137. The van der Waals surface area contributed by atoms with Gasteiger partial charge in [-0.15, -0.1) is 11.3 Å². The lowest BCUT2D eigenvalue weighted by Gasteiger charge is -2.12. The zero-order valence-corrected chi connectivity index (χ0v) is 11.1.